The zero-order chi connectivity index (χ0) is 33.7. The molecule has 3 aromatic heterocycles. The van der Waals surface area contributed by atoms with E-state index in [4.69, 9.17) is 9.97 Å². The molecule has 0 spiro atoms. The highest BCUT2D eigenvalue weighted by molar-refractivity contribution is 5.94. The van der Waals surface area contributed by atoms with Gasteiger partial charge in [-0.3, -0.25) is 9.13 Å². The summed E-state index contributed by atoms with van der Waals surface area (Å²) in [6.45, 7) is 0. The molecule has 0 aliphatic heterocycles. The highest BCUT2D eigenvalue weighted by Crippen LogP contribution is 2.40. The molecule has 3 heterocycles. The van der Waals surface area contributed by atoms with Crippen LogP contribution in [0.25, 0.3) is 84.1 Å². The lowest BCUT2D eigenvalue weighted by Gasteiger charge is -2.18. The van der Waals surface area contributed by atoms with Crippen molar-refractivity contribution in [3.05, 3.63) is 164 Å². The number of allylic oxidation sites excluding steroid dienone is 8. The molecular weight excluding hydrogens is 623 g/mol. The fourth-order valence-corrected chi connectivity index (χ4v) is 7.79. The molecule has 0 atom stereocenters. The quantitative estimate of drug-likeness (QED) is 0.179. The summed E-state index contributed by atoms with van der Waals surface area (Å²) >= 11 is 0. The molecule has 0 saturated heterocycles. The van der Waals surface area contributed by atoms with Crippen molar-refractivity contribution in [3.8, 4) is 39.7 Å². The zero-order valence-electron chi connectivity index (χ0n) is 28.2. The van der Waals surface area contributed by atoms with Crippen LogP contribution in [0.1, 0.15) is 25.7 Å². The highest BCUT2D eigenvalue weighted by atomic mass is 15.1. The van der Waals surface area contributed by atoms with E-state index in [9.17, 15) is 0 Å². The molecule has 5 heteroatoms. The maximum absolute atomic E-state index is 5.35. The van der Waals surface area contributed by atoms with E-state index in [0.717, 1.165) is 93.2 Å². The standard InChI is InChI=1S/C46H35N5/c1-4-17-36(18-5-1)49-41-25-13-10-16-32(41)31-44(49)33-28-34(45-47-39-23-11-14-26-42(39)50(45)37-19-6-2-7-20-37)30-35(29-33)46-48-40-24-12-15-27-43(40)51(46)38-21-8-3-9-22-38/h1-2,4-6,8,10-19,21-31H,3,7,9,20H2. The van der Waals surface area contributed by atoms with Crippen LogP contribution in [0.4, 0.5) is 0 Å². The molecule has 5 nitrogen and oxygen atoms in total. The predicted octanol–water partition coefficient (Wildman–Crippen LogP) is 11.7. The summed E-state index contributed by atoms with van der Waals surface area (Å²) in [4.78, 5) is 10.7. The fourth-order valence-electron chi connectivity index (χ4n) is 7.79. The number of hydrogen-bond donors (Lipinski definition) is 0. The van der Waals surface area contributed by atoms with Crippen LogP contribution in [-0.4, -0.2) is 23.7 Å². The van der Waals surface area contributed by atoms with Gasteiger partial charge in [-0.15, -0.1) is 0 Å². The van der Waals surface area contributed by atoms with Gasteiger partial charge in [-0.2, -0.15) is 0 Å². The summed E-state index contributed by atoms with van der Waals surface area (Å²) in [5.41, 5.74) is 13.2. The van der Waals surface area contributed by atoms with E-state index in [1.54, 1.807) is 0 Å². The first-order valence-corrected chi connectivity index (χ1v) is 17.8. The van der Waals surface area contributed by atoms with Gasteiger partial charge < -0.3 is 4.57 Å². The Labute approximate surface area is 296 Å². The molecule has 0 unspecified atom stereocenters. The van der Waals surface area contributed by atoms with E-state index in [-0.39, 0.29) is 0 Å². The van der Waals surface area contributed by atoms with Crippen LogP contribution in [0.3, 0.4) is 0 Å². The summed E-state index contributed by atoms with van der Waals surface area (Å²) < 4.78 is 7.08. The summed E-state index contributed by atoms with van der Waals surface area (Å²) in [7, 11) is 0. The van der Waals surface area contributed by atoms with Crippen molar-refractivity contribution in [2.24, 2.45) is 0 Å². The number of para-hydroxylation sites is 6. The van der Waals surface area contributed by atoms with Gasteiger partial charge in [0, 0.05) is 33.6 Å². The van der Waals surface area contributed by atoms with Crippen LogP contribution in [0.2, 0.25) is 0 Å². The number of nitrogens with zero attached hydrogens (tertiary/aromatic N) is 5. The smallest absolute Gasteiger partial charge is 0.145 e. The van der Waals surface area contributed by atoms with Crippen molar-refractivity contribution in [2.45, 2.75) is 25.7 Å². The van der Waals surface area contributed by atoms with E-state index in [2.05, 4.69) is 178 Å². The lowest BCUT2D eigenvalue weighted by molar-refractivity contribution is 0.960. The Morgan fingerprint density at radius 3 is 1.86 bits per heavy atom. The van der Waals surface area contributed by atoms with E-state index >= 15 is 0 Å². The van der Waals surface area contributed by atoms with Gasteiger partial charge in [0.25, 0.3) is 0 Å². The second-order valence-electron chi connectivity index (χ2n) is 13.3. The van der Waals surface area contributed by atoms with Gasteiger partial charge in [-0.25, -0.2) is 9.97 Å². The van der Waals surface area contributed by atoms with Gasteiger partial charge in [0.05, 0.1) is 33.3 Å². The number of hydrogen-bond acceptors (Lipinski definition) is 2. The Morgan fingerprint density at radius 2 is 1.16 bits per heavy atom. The second kappa shape index (κ2) is 12.1. The Morgan fingerprint density at radius 1 is 0.510 bits per heavy atom. The molecular formula is C46H35N5. The summed E-state index contributed by atoms with van der Waals surface area (Å²) in [6.07, 6.45) is 17.5. The average molecular weight is 658 g/mol. The maximum Gasteiger partial charge on any atom is 0.145 e. The third kappa shape index (κ3) is 5.00. The highest BCUT2D eigenvalue weighted by Gasteiger charge is 2.23. The predicted molar refractivity (Wildman–Crippen MR) is 211 cm³/mol. The van der Waals surface area contributed by atoms with Crippen LogP contribution < -0.4 is 0 Å². The monoisotopic (exact) mass is 657 g/mol. The van der Waals surface area contributed by atoms with Crippen LogP contribution in [0.15, 0.2) is 164 Å². The van der Waals surface area contributed by atoms with Gasteiger partial charge in [0.2, 0.25) is 0 Å². The minimum atomic E-state index is 0.918. The molecule has 0 N–H and O–H groups in total. The van der Waals surface area contributed by atoms with Gasteiger partial charge >= 0.3 is 0 Å². The van der Waals surface area contributed by atoms with Crippen LogP contribution in [-0.2, 0) is 0 Å². The molecule has 0 bridgehead atoms. The minimum absolute atomic E-state index is 0.918. The zero-order valence-corrected chi connectivity index (χ0v) is 28.2. The van der Waals surface area contributed by atoms with Crippen LogP contribution in [0.5, 0.6) is 0 Å². The van der Waals surface area contributed by atoms with Crippen molar-refractivity contribution in [1.82, 2.24) is 23.7 Å². The molecule has 0 fully saturated rings. The number of rotatable bonds is 6. The Hall–Kier alpha value is -6.46. The number of fused-ring (bicyclic) bond motifs is 3. The van der Waals surface area contributed by atoms with E-state index in [1.807, 2.05) is 0 Å². The lowest BCUT2D eigenvalue weighted by atomic mass is 10.0. The Kier molecular flexibility index (Phi) is 7.02. The summed E-state index contributed by atoms with van der Waals surface area (Å²) in [6, 6.07) is 45.5. The van der Waals surface area contributed by atoms with Crippen LogP contribution in [0, 0.1) is 0 Å². The summed E-state index contributed by atoms with van der Waals surface area (Å²) in [5.74, 6) is 1.85. The number of imidazole rings is 2. The molecule has 0 amide bonds. The average Bonchev–Trinajstić information content (AvgIpc) is 3.91. The van der Waals surface area contributed by atoms with Crippen molar-refractivity contribution in [2.75, 3.05) is 0 Å². The molecule has 244 valence electrons. The van der Waals surface area contributed by atoms with Crippen molar-refractivity contribution >= 4 is 44.4 Å². The third-order valence-corrected chi connectivity index (χ3v) is 10.1. The maximum atomic E-state index is 5.35. The van der Waals surface area contributed by atoms with E-state index in [1.165, 1.54) is 16.6 Å². The molecule has 2 aliphatic rings. The number of benzene rings is 5. The first-order valence-electron chi connectivity index (χ1n) is 17.8. The molecule has 51 heavy (non-hydrogen) atoms. The van der Waals surface area contributed by atoms with Crippen molar-refractivity contribution in [3.63, 3.8) is 0 Å². The van der Waals surface area contributed by atoms with E-state index in [0.29, 0.717) is 0 Å². The van der Waals surface area contributed by atoms with Gasteiger partial charge in [-0.1, -0.05) is 85.0 Å². The Bertz CT molecular complexity index is 2750. The topological polar surface area (TPSA) is 40.6 Å². The third-order valence-electron chi connectivity index (χ3n) is 10.1. The minimum Gasteiger partial charge on any atom is -0.309 e. The molecule has 0 radical (unpaired) electrons. The molecule has 5 aromatic carbocycles. The SMILES string of the molecule is C1=CCCC(n2c(-c3cc(-c4nc5ccccc5n4C4=CCCC=C4)cc(-c4cc5ccccc5n4-c4ccccc4)c3)nc3ccccc32)=C1. The largest absolute Gasteiger partial charge is 0.309 e. The van der Waals surface area contributed by atoms with Crippen LogP contribution >= 0.6 is 0 Å². The normalized spacial score (nSPS) is 14.4. The van der Waals surface area contributed by atoms with Gasteiger partial charge in [-0.05, 0) is 110 Å². The van der Waals surface area contributed by atoms with Crippen molar-refractivity contribution < 1.29 is 0 Å². The lowest BCUT2D eigenvalue weighted by Crippen LogP contribution is -2.04. The first-order chi connectivity index (χ1) is 25.3. The van der Waals surface area contributed by atoms with Crippen molar-refractivity contribution in [1.29, 1.82) is 0 Å². The van der Waals surface area contributed by atoms with E-state index < -0.39 is 0 Å². The van der Waals surface area contributed by atoms with Gasteiger partial charge in [0.15, 0.2) is 0 Å². The fraction of sp³-hybridized carbons (Fsp3) is 0.0870. The first kappa shape index (κ1) is 29.5. The molecule has 0 saturated carbocycles. The molecule has 10 rings (SSSR count). The second-order valence-corrected chi connectivity index (χ2v) is 13.3. The molecule has 2 aliphatic carbocycles. The number of aromatic nitrogens is 5. The Balaban J connectivity index is 1.30. The molecule has 8 aromatic rings. The van der Waals surface area contributed by atoms with Gasteiger partial charge in [0.1, 0.15) is 11.6 Å². The summed E-state index contributed by atoms with van der Waals surface area (Å²) in [5, 5.41) is 1.19.